The van der Waals surface area contributed by atoms with Crippen molar-refractivity contribution in [2.45, 2.75) is 0 Å². The van der Waals surface area contributed by atoms with E-state index in [-0.39, 0.29) is 23.4 Å². The number of ether oxygens (including phenoxy) is 1. The van der Waals surface area contributed by atoms with Gasteiger partial charge in [-0.05, 0) is 17.7 Å². The van der Waals surface area contributed by atoms with E-state index in [1.165, 1.54) is 0 Å². The van der Waals surface area contributed by atoms with Gasteiger partial charge >= 0.3 is 12.4 Å². The van der Waals surface area contributed by atoms with Crippen LogP contribution in [0.4, 0.5) is 0 Å². The second kappa shape index (κ2) is 5.01. The third-order valence-electron chi connectivity index (χ3n) is 2.98. The topological polar surface area (TPSA) is 56.5 Å². The first-order valence-electron chi connectivity index (χ1n) is 6.03. The van der Waals surface area contributed by atoms with E-state index in [2.05, 4.69) is 0 Å². The maximum absolute atomic E-state index is 12.6. The highest BCUT2D eigenvalue weighted by atomic mass is 16.6. The minimum Gasteiger partial charge on any atom is -0.425 e. The molecule has 2 aromatic carbocycles. The molecule has 0 fully saturated rings. The largest absolute Gasteiger partial charge is 0.425 e. The molecule has 3 aromatic rings. The fourth-order valence-electron chi connectivity index (χ4n) is 2.10. The zero-order chi connectivity index (χ0) is 13.9. The summed E-state index contributed by atoms with van der Waals surface area (Å²) in [5, 5.41) is 0.449. The van der Waals surface area contributed by atoms with Gasteiger partial charge < -0.3 is 9.15 Å². The van der Waals surface area contributed by atoms with Gasteiger partial charge in [-0.2, -0.15) is 0 Å². The van der Waals surface area contributed by atoms with E-state index in [0.29, 0.717) is 16.5 Å². The molecule has 0 saturated heterocycles. The highest BCUT2D eigenvalue weighted by Gasteiger charge is 2.17. The van der Waals surface area contributed by atoms with Crippen molar-refractivity contribution in [3.05, 3.63) is 64.8 Å². The van der Waals surface area contributed by atoms with Gasteiger partial charge in [-0.25, -0.2) is 0 Å². The smallest absolute Gasteiger partial charge is 0.304 e. The van der Waals surface area contributed by atoms with E-state index in [1.54, 1.807) is 48.5 Å². The molecular weight excluding hydrogens is 256 g/mol. The van der Waals surface area contributed by atoms with Gasteiger partial charge in [-0.1, -0.05) is 42.5 Å². The Morgan fingerprint density at radius 3 is 2.40 bits per heavy atom. The first-order chi connectivity index (χ1) is 9.81. The number of para-hydroxylation sites is 1. The minimum absolute atomic E-state index is 0.0881. The van der Waals surface area contributed by atoms with Gasteiger partial charge in [0.25, 0.3) is 0 Å². The molecule has 0 atom stereocenters. The second-order valence-electron chi connectivity index (χ2n) is 4.17. The van der Waals surface area contributed by atoms with Gasteiger partial charge in [-0.3, -0.25) is 9.59 Å². The van der Waals surface area contributed by atoms with Crippen LogP contribution < -0.4 is 10.2 Å². The zero-order valence-corrected chi connectivity index (χ0v) is 10.4. The van der Waals surface area contributed by atoms with Crippen molar-refractivity contribution in [2.24, 2.45) is 0 Å². The van der Waals surface area contributed by atoms with Gasteiger partial charge in [0.1, 0.15) is 11.1 Å². The van der Waals surface area contributed by atoms with E-state index in [0.717, 1.165) is 0 Å². The highest BCUT2D eigenvalue weighted by Crippen LogP contribution is 2.29. The lowest BCUT2D eigenvalue weighted by Crippen LogP contribution is -2.08. The predicted octanol–water partition coefficient (Wildman–Crippen LogP) is 3.00. The fraction of sp³-hybridized carbons (Fsp3) is 0. The molecule has 0 saturated carbocycles. The molecule has 4 nitrogen and oxygen atoms in total. The van der Waals surface area contributed by atoms with Crippen LogP contribution in [0.25, 0.3) is 22.1 Å². The van der Waals surface area contributed by atoms with Crippen LogP contribution in [0.15, 0.2) is 63.8 Å². The summed E-state index contributed by atoms with van der Waals surface area (Å²) in [7, 11) is 0. The first kappa shape index (κ1) is 12.2. The molecule has 0 spiro atoms. The number of benzene rings is 2. The number of fused-ring (bicyclic) bond motifs is 1. The van der Waals surface area contributed by atoms with Crippen LogP contribution >= 0.6 is 0 Å². The van der Waals surface area contributed by atoms with Crippen molar-refractivity contribution in [3.63, 3.8) is 0 Å². The molecule has 0 amide bonds. The summed E-state index contributed by atoms with van der Waals surface area (Å²) in [5.74, 6) is -0.0881. The van der Waals surface area contributed by atoms with Gasteiger partial charge in [-0.15, -0.1) is 0 Å². The van der Waals surface area contributed by atoms with Crippen LogP contribution in [0.3, 0.4) is 0 Å². The predicted molar refractivity (Wildman–Crippen MR) is 74.6 cm³/mol. The lowest BCUT2D eigenvalue weighted by atomic mass is 10.1. The van der Waals surface area contributed by atoms with Crippen molar-refractivity contribution in [1.29, 1.82) is 0 Å². The lowest BCUT2D eigenvalue weighted by Gasteiger charge is -2.07. The summed E-state index contributed by atoms with van der Waals surface area (Å²) in [6, 6.07) is 15.8. The Balaban J connectivity index is 2.39. The molecule has 0 bridgehead atoms. The van der Waals surface area contributed by atoms with Crippen LogP contribution in [-0.2, 0) is 4.79 Å². The molecule has 0 N–H and O–H groups in total. The van der Waals surface area contributed by atoms with E-state index in [4.69, 9.17) is 9.15 Å². The van der Waals surface area contributed by atoms with Gasteiger partial charge in [0.2, 0.25) is 5.43 Å². The quantitative estimate of drug-likeness (QED) is 0.684. The Bertz CT molecular complexity index is 819. The Labute approximate surface area is 114 Å². The first-order valence-corrected chi connectivity index (χ1v) is 6.03. The Kier molecular flexibility index (Phi) is 3.05. The van der Waals surface area contributed by atoms with E-state index < -0.39 is 0 Å². The van der Waals surface area contributed by atoms with Crippen LogP contribution in [0.1, 0.15) is 0 Å². The average molecular weight is 266 g/mol. The summed E-state index contributed by atoms with van der Waals surface area (Å²) in [6.07, 6.45) is 0. The summed E-state index contributed by atoms with van der Waals surface area (Å²) in [6.45, 7) is 0.249. The van der Waals surface area contributed by atoms with Crippen LogP contribution in [0, 0.1) is 0 Å². The maximum atomic E-state index is 12.6. The fourth-order valence-corrected chi connectivity index (χ4v) is 2.10. The molecule has 20 heavy (non-hydrogen) atoms. The van der Waals surface area contributed by atoms with Crippen molar-refractivity contribution >= 4 is 17.4 Å². The second-order valence-corrected chi connectivity index (χ2v) is 4.17. The SMILES string of the molecule is O=COc1oc2ccccc2c(=O)c1-c1ccccc1. The van der Waals surface area contributed by atoms with E-state index in [1.807, 2.05) is 6.07 Å². The summed E-state index contributed by atoms with van der Waals surface area (Å²) in [5.41, 5.74) is 1.05. The molecule has 0 aliphatic heterocycles. The normalized spacial score (nSPS) is 10.4. The zero-order valence-electron chi connectivity index (χ0n) is 10.4. The Hall–Kier alpha value is -2.88. The minimum atomic E-state index is -0.227. The molecule has 0 radical (unpaired) electrons. The lowest BCUT2D eigenvalue weighted by molar-refractivity contribution is -0.121. The average Bonchev–Trinajstić information content (AvgIpc) is 2.49. The van der Waals surface area contributed by atoms with Gasteiger partial charge in [0.05, 0.1) is 5.39 Å². The van der Waals surface area contributed by atoms with Crippen molar-refractivity contribution in [2.75, 3.05) is 0 Å². The standard InChI is InChI=1S/C16H10O4/c17-10-19-16-14(11-6-2-1-3-7-11)15(18)12-8-4-5-9-13(12)20-16/h1-10H. The number of hydrogen-bond donors (Lipinski definition) is 0. The van der Waals surface area contributed by atoms with Crippen molar-refractivity contribution < 1.29 is 13.9 Å². The summed E-state index contributed by atoms with van der Waals surface area (Å²) in [4.78, 5) is 23.2. The van der Waals surface area contributed by atoms with Gasteiger partial charge in [0, 0.05) is 0 Å². The van der Waals surface area contributed by atoms with Crippen molar-refractivity contribution in [1.82, 2.24) is 0 Å². The Morgan fingerprint density at radius 1 is 0.950 bits per heavy atom. The number of carbonyl (C=O) groups excluding carboxylic acids is 1. The maximum Gasteiger partial charge on any atom is 0.304 e. The molecule has 0 aliphatic rings. The molecule has 1 aromatic heterocycles. The molecule has 3 rings (SSSR count). The molecule has 98 valence electrons. The van der Waals surface area contributed by atoms with E-state index >= 15 is 0 Å². The molecular formula is C16H10O4. The number of carbonyl (C=O) groups is 1. The molecule has 0 aliphatic carbocycles. The van der Waals surface area contributed by atoms with Crippen molar-refractivity contribution in [3.8, 4) is 17.1 Å². The van der Waals surface area contributed by atoms with Crippen LogP contribution in [0.2, 0.25) is 0 Å². The van der Waals surface area contributed by atoms with Crippen LogP contribution in [-0.4, -0.2) is 6.47 Å². The molecule has 0 unspecified atom stereocenters. The van der Waals surface area contributed by atoms with E-state index in [9.17, 15) is 9.59 Å². The summed E-state index contributed by atoms with van der Waals surface area (Å²) < 4.78 is 10.3. The Morgan fingerprint density at radius 2 is 1.65 bits per heavy atom. The third kappa shape index (κ3) is 1.97. The monoisotopic (exact) mass is 266 g/mol. The van der Waals surface area contributed by atoms with Crippen LogP contribution in [0.5, 0.6) is 5.95 Å². The number of rotatable bonds is 3. The summed E-state index contributed by atoms with van der Waals surface area (Å²) >= 11 is 0. The third-order valence-corrected chi connectivity index (χ3v) is 2.98. The molecule has 4 heteroatoms. The number of hydrogen-bond acceptors (Lipinski definition) is 4. The highest BCUT2D eigenvalue weighted by molar-refractivity contribution is 5.84. The molecule has 1 heterocycles. The van der Waals surface area contributed by atoms with Gasteiger partial charge in [0.15, 0.2) is 0 Å².